The molecule has 0 unspecified atom stereocenters. The molecule has 0 spiro atoms. The van der Waals surface area contributed by atoms with Gasteiger partial charge < -0.3 is 0 Å². The molecule has 0 atom stereocenters. The Morgan fingerprint density at radius 1 is 0.370 bits per heavy atom. The topological polar surface area (TPSA) is 64.5 Å². The Morgan fingerprint density at radius 3 is 1.61 bits per heavy atom. The molecule has 0 amide bonds. The predicted octanol–water partition coefficient (Wildman–Crippen LogP) is 9.89. The van der Waals surface area contributed by atoms with E-state index in [1.807, 2.05) is 30.3 Å². The molecule has 0 aliphatic rings. The van der Waals surface area contributed by atoms with Crippen molar-refractivity contribution < 1.29 is 0 Å². The molecule has 0 radical (unpaired) electrons. The van der Waals surface area contributed by atoms with E-state index < -0.39 is 0 Å². The zero-order valence-electron chi connectivity index (χ0n) is 24.7. The number of hydrogen-bond acceptors (Lipinski definition) is 5. The van der Waals surface area contributed by atoms with Gasteiger partial charge in [0.25, 0.3) is 0 Å². The summed E-state index contributed by atoms with van der Waals surface area (Å²) in [5.41, 5.74) is 8.02. The fourth-order valence-electron chi connectivity index (χ4n) is 6.45. The fraction of sp³-hybridized carbons (Fsp3) is 0. The van der Waals surface area contributed by atoms with E-state index in [4.69, 9.17) is 9.97 Å². The molecule has 0 fully saturated rings. The molecule has 5 nitrogen and oxygen atoms in total. The summed E-state index contributed by atoms with van der Waals surface area (Å²) in [5, 5.41) is 7.72. The average Bonchev–Trinajstić information content (AvgIpc) is 3.14. The molecule has 0 bridgehead atoms. The van der Waals surface area contributed by atoms with Crippen LogP contribution in [0.15, 0.2) is 152 Å². The van der Waals surface area contributed by atoms with Crippen LogP contribution >= 0.6 is 0 Å². The molecule has 46 heavy (non-hydrogen) atoms. The van der Waals surface area contributed by atoms with E-state index in [9.17, 15) is 0 Å². The highest BCUT2D eigenvalue weighted by Gasteiger charge is 2.14. The Morgan fingerprint density at radius 2 is 0.913 bits per heavy atom. The van der Waals surface area contributed by atoms with Crippen molar-refractivity contribution in [2.45, 2.75) is 0 Å². The molecule has 214 valence electrons. The Kier molecular flexibility index (Phi) is 6.06. The minimum absolute atomic E-state index is 0.639. The summed E-state index contributed by atoms with van der Waals surface area (Å²) in [7, 11) is 0. The molecule has 5 heteroatoms. The van der Waals surface area contributed by atoms with Gasteiger partial charge in [-0.05, 0) is 49.5 Å². The quantitative estimate of drug-likeness (QED) is 0.188. The molecule has 0 N–H and O–H groups in total. The van der Waals surface area contributed by atoms with Crippen molar-refractivity contribution in [3.05, 3.63) is 152 Å². The maximum atomic E-state index is 5.06. The summed E-state index contributed by atoms with van der Waals surface area (Å²) in [4.78, 5) is 22.6. The molecule has 9 aromatic rings. The van der Waals surface area contributed by atoms with Crippen LogP contribution in [0.4, 0.5) is 0 Å². The lowest BCUT2D eigenvalue weighted by molar-refractivity contribution is 1.06. The smallest absolute Gasteiger partial charge is 0.162 e. The first kappa shape index (κ1) is 26.1. The van der Waals surface area contributed by atoms with Gasteiger partial charge in [-0.15, -0.1) is 0 Å². The predicted molar refractivity (Wildman–Crippen MR) is 186 cm³/mol. The highest BCUT2D eigenvalue weighted by Crippen LogP contribution is 2.39. The summed E-state index contributed by atoms with van der Waals surface area (Å²) in [5.74, 6) is 1.32. The summed E-state index contributed by atoms with van der Waals surface area (Å²) < 4.78 is 0. The van der Waals surface area contributed by atoms with Gasteiger partial charge in [0.05, 0.1) is 11.4 Å². The molecule has 2 aromatic heterocycles. The van der Waals surface area contributed by atoms with Crippen LogP contribution in [0.25, 0.3) is 88.7 Å². The van der Waals surface area contributed by atoms with Crippen LogP contribution in [-0.2, 0) is 0 Å². The first-order chi connectivity index (χ1) is 22.8. The van der Waals surface area contributed by atoms with Crippen molar-refractivity contribution in [2.24, 2.45) is 0 Å². The van der Waals surface area contributed by atoms with E-state index in [0.29, 0.717) is 11.6 Å². The minimum atomic E-state index is 0.639. The van der Waals surface area contributed by atoms with E-state index in [-0.39, 0.29) is 0 Å². The van der Waals surface area contributed by atoms with E-state index in [1.54, 1.807) is 0 Å². The highest BCUT2D eigenvalue weighted by atomic mass is 15.0. The van der Waals surface area contributed by atoms with Gasteiger partial charge in [-0.3, -0.25) is 0 Å². The van der Waals surface area contributed by atoms with Gasteiger partial charge >= 0.3 is 0 Å². The van der Waals surface area contributed by atoms with Gasteiger partial charge in [0.2, 0.25) is 0 Å². The van der Waals surface area contributed by atoms with Crippen LogP contribution in [0.5, 0.6) is 0 Å². The second kappa shape index (κ2) is 10.7. The van der Waals surface area contributed by atoms with Crippen LogP contribution in [-0.4, -0.2) is 24.9 Å². The SMILES string of the molecule is c1ccc(-c2cc(-c3ccc(-c4ncncn4)cc3)nc(-c3ccc(-c4ccc5ccc6cccc7ccc4c5c67)cc3)n2)cc1. The number of benzene rings is 7. The van der Waals surface area contributed by atoms with E-state index in [1.165, 1.54) is 50.5 Å². The van der Waals surface area contributed by atoms with Crippen LogP contribution in [0.2, 0.25) is 0 Å². The molecule has 9 rings (SSSR count). The second-order valence-electron chi connectivity index (χ2n) is 11.4. The second-order valence-corrected chi connectivity index (χ2v) is 11.4. The average molecular weight is 588 g/mol. The van der Waals surface area contributed by atoms with Gasteiger partial charge in [-0.1, -0.05) is 133 Å². The first-order valence-corrected chi connectivity index (χ1v) is 15.2. The monoisotopic (exact) mass is 587 g/mol. The van der Waals surface area contributed by atoms with Gasteiger partial charge in [-0.2, -0.15) is 0 Å². The van der Waals surface area contributed by atoms with Gasteiger partial charge in [0.1, 0.15) is 12.7 Å². The third kappa shape index (κ3) is 4.45. The minimum Gasteiger partial charge on any atom is -0.228 e. The molecule has 0 aliphatic heterocycles. The van der Waals surface area contributed by atoms with Crippen LogP contribution in [0, 0.1) is 0 Å². The lowest BCUT2D eigenvalue weighted by Crippen LogP contribution is -1.96. The largest absolute Gasteiger partial charge is 0.228 e. The zero-order valence-corrected chi connectivity index (χ0v) is 24.7. The van der Waals surface area contributed by atoms with Crippen LogP contribution in [0.1, 0.15) is 0 Å². The Bertz CT molecular complexity index is 2480. The Hall–Kier alpha value is -6.33. The van der Waals surface area contributed by atoms with E-state index >= 15 is 0 Å². The summed E-state index contributed by atoms with van der Waals surface area (Å²) >= 11 is 0. The maximum Gasteiger partial charge on any atom is 0.162 e. The van der Waals surface area contributed by atoms with Crippen molar-refractivity contribution in [2.75, 3.05) is 0 Å². The third-order valence-corrected chi connectivity index (χ3v) is 8.71. The number of hydrogen-bond donors (Lipinski definition) is 0. The fourth-order valence-corrected chi connectivity index (χ4v) is 6.45. The van der Waals surface area contributed by atoms with Crippen molar-refractivity contribution >= 4 is 32.3 Å². The molecule has 2 heterocycles. The molecule has 0 saturated carbocycles. The molecule has 0 saturated heterocycles. The maximum absolute atomic E-state index is 5.06. The highest BCUT2D eigenvalue weighted by molar-refractivity contribution is 6.25. The Balaban J connectivity index is 1.13. The molecule has 7 aromatic carbocycles. The van der Waals surface area contributed by atoms with Crippen molar-refractivity contribution in [1.29, 1.82) is 0 Å². The standard InChI is InChI=1S/C41H25N5/c1-2-5-27(6-3-1)36-23-37(28-11-17-32(18-12-28)40-43-24-42-25-44-40)46-41(45-36)33-15-9-26(10-16-33)34-21-19-31-14-13-29-7-4-8-30-20-22-35(34)39(31)38(29)30/h1-25H. The van der Waals surface area contributed by atoms with E-state index in [2.05, 4.69) is 124 Å². The third-order valence-electron chi connectivity index (χ3n) is 8.71. The number of rotatable bonds is 5. The van der Waals surface area contributed by atoms with Crippen molar-refractivity contribution in [3.63, 3.8) is 0 Å². The van der Waals surface area contributed by atoms with Crippen molar-refractivity contribution in [1.82, 2.24) is 24.9 Å². The normalized spacial score (nSPS) is 11.5. The van der Waals surface area contributed by atoms with E-state index in [0.717, 1.165) is 39.2 Å². The van der Waals surface area contributed by atoms with Gasteiger partial charge in [-0.25, -0.2) is 24.9 Å². The lowest BCUT2D eigenvalue weighted by atomic mass is 9.90. The van der Waals surface area contributed by atoms with Gasteiger partial charge in [0.15, 0.2) is 11.6 Å². The molecule has 0 aliphatic carbocycles. The molecular formula is C41H25N5. The first-order valence-electron chi connectivity index (χ1n) is 15.2. The van der Waals surface area contributed by atoms with Crippen molar-refractivity contribution in [3.8, 4) is 56.4 Å². The lowest BCUT2D eigenvalue weighted by Gasteiger charge is -2.14. The van der Waals surface area contributed by atoms with Crippen LogP contribution in [0.3, 0.4) is 0 Å². The summed E-state index contributed by atoms with van der Waals surface area (Å²) in [6, 6.07) is 49.0. The summed E-state index contributed by atoms with van der Waals surface area (Å²) in [6.07, 6.45) is 3.02. The number of aromatic nitrogens is 5. The van der Waals surface area contributed by atoms with Gasteiger partial charge in [0, 0.05) is 22.3 Å². The Labute approximate surface area is 265 Å². The number of nitrogens with zero attached hydrogens (tertiary/aromatic N) is 5. The van der Waals surface area contributed by atoms with Crippen LogP contribution < -0.4 is 0 Å². The zero-order chi connectivity index (χ0) is 30.5. The summed E-state index contributed by atoms with van der Waals surface area (Å²) in [6.45, 7) is 0. The molecular weight excluding hydrogens is 562 g/mol.